The molecule has 2 N–H and O–H groups in total. The average molecular weight is 319 g/mol. The number of nitrogens with zero attached hydrogens (tertiary/aromatic N) is 1. The number of benzene rings is 1. The molecular formula is C13H10ClF3N2O2. The number of aromatic nitrogens is 1. The quantitative estimate of drug-likeness (QED) is 0.933. The summed E-state index contributed by atoms with van der Waals surface area (Å²) in [4.78, 5) is 3.85. The van der Waals surface area contributed by atoms with Gasteiger partial charge in [-0.3, -0.25) is 4.98 Å². The van der Waals surface area contributed by atoms with E-state index < -0.39 is 12.4 Å². The number of rotatable bonds is 4. The number of hydrogen-bond donors (Lipinski definition) is 1. The van der Waals surface area contributed by atoms with Crippen molar-refractivity contribution < 1.29 is 22.6 Å². The standard InChI is InChI=1S/C13H10ClF3N2O2/c1-20-12-7(14)3-2-6(11(12)15)9-4-8(18)10(5-19-9)21-13(16)17/h2-5,13H,1H3,(H2,18,19). The molecule has 0 saturated heterocycles. The van der Waals surface area contributed by atoms with Crippen molar-refractivity contribution in [1.82, 2.24) is 4.98 Å². The zero-order valence-electron chi connectivity index (χ0n) is 10.7. The van der Waals surface area contributed by atoms with Crippen molar-refractivity contribution in [3.05, 3.63) is 35.2 Å². The van der Waals surface area contributed by atoms with E-state index in [4.69, 9.17) is 22.1 Å². The summed E-state index contributed by atoms with van der Waals surface area (Å²) in [6.07, 6.45) is 0.997. The zero-order valence-corrected chi connectivity index (χ0v) is 11.5. The van der Waals surface area contributed by atoms with E-state index in [0.717, 1.165) is 6.20 Å². The Hall–Kier alpha value is -2.15. The maximum absolute atomic E-state index is 14.2. The molecule has 0 aliphatic carbocycles. The van der Waals surface area contributed by atoms with Crippen LogP contribution in [0, 0.1) is 5.82 Å². The second-order valence-corrected chi connectivity index (χ2v) is 4.34. The molecule has 112 valence electrons. The molecule has 0 bridgehead atoms. The van der Waals surface area contributed by atoms with Crippen molar-refractivity contribution >= 4 is 17.3 Å². The normalized spacial score (nSPS) is 10.8. The summed E-state index contributed by atoms with van der Waals surface area (Å²) in [6.45, 7) is -3.02. The van der Waals surface area contributed by atoms with E-state index in [1.807, 2.05) is 0 Å². The van der Waals surface area contributed by atoms with Crippen molar-refractivity contribution in [2.45, 2.75) is 6.61 Å². The molecule has 8 heteroatoms. The van der Waals surface area contributed by atoms with Crippen molar-refractivity contribution in [2.75, 3.05) is 12.8 Å². The van der Waals surface area contributed by atoms with Crippen molar-refractivity contribution in [3.63, 3.8) is 0 Å². The van der Waals surface area contributed by atoms with Crippen molar-refractivity contribution in [2.24, 2.45) is 0 Å². The molecule has 2 rings (SSSR count). The maximum Gasteiger partial charge on any atom is 0.387 e. The summed E-state index contributed by atoms with van der Waals surface area (Å²) in [5, 5.41) is 0.101. The largest absolute Gasteiger partial charge is 0.492 e. The molecule has 1 heterocycles. The minimum Gasteiger partial charge on any atom is -0.492 e. The number of hydrogen-bond acceptors (Lipinski definition) is 4. The Bertz CT molecular complexity index is 668. The second-order valence-electron chi connectivity index (χ2n) is 3.93. The Labute approximate surface area is 123 Å². The van der Waals surface area contributed by atoms with E-state index >= 15 is 0 Å². The molecule has 2 aromatic rings. The van der Waals surface area contributed by atoms with Gasteiger partial charge in [0.05, 0.1) is 29.7 Å². The summed E-state index contributed by atoms with van der Waals surface area (Å²) in [7, 11) is 1.27. The minimum absolute atomic E-state index is 0.0755. The summed E-state index contributed by atoms with van der Waals surface area (Å²) in [5.41, 5.74) is 5.71. The maximum atomic E-state index is 14.2. The van der Waals surface area contributed by atoms with E-state index in [1.54, 1.807) is 0 Å². The molecule has 0 radical (unpaired) electrons. The first-order chi connectivity index (χ1) is 9.93. The minimum atomic E-state index is -3.02. The van der Waals surface area contributed by atoms with Crippen LogP contribution in [0.1, 0.15) is 0 Å². The SMILES string of the molecule is COc1c(Cl)ccc(-c2cc(N)c(OC(F)F)cn2)c1F. The highest BCUT2D eigenvalue weighted by Crippen LogP contribution is 2.35. The smallest absolute Gasteiger partial charge is 0.387 e. The van der Waals surface area contributed by atoms with Gasteiger partial charge in [0, 0.05) is 5.56 Å². The lowest BCUT2D eigenvalue weighted by Gasteiger charge is -2.11. The molecule has 0 spiro atoms. The first-order valence-electron chi connectivity index (χ1n) is 5.66. The molecule has 4 nitrogen and oxygen atoms in total. The Morgan fingerprint density at radius 2 is 2.05 bits per heavy atom. The summed E-state index contributed by atoms with van der Waals surface area (Å²) >= 11 is 5.79. The molecule has 1 aromatic heterocycles. The number of nitrogens with two attached hydrogens (primary N) is 1. The fourth-order valence-corrected chi connectivity index (χ4v) is 1.94. The van der Waals surface area contributed by atoms with Crippen LogP contribution in [0.2, 0.25) is 5.02 Å². The number of methoxy groups -OCH3 is 1. The molecule has 0 aliphatic heterocycles. The molecule has 0 saturated carbocycles. The van der Waals surface area contributed by atoms with Gasteiger partial charge in [-0.25, -0.2) is 4.39 Å². The molecule has 0 atom stereocenters. The fraction of sp³-hybridized carbons (Fsp3) is 0.154. The summed E-state index contributed by atoms with van der Waals surface area (Å²) in [5.74, 6) is -1.14. The third-order valence-corrected chi connectivity index (χ3v) is 2.94. The van der Waals surface area contributed by atoms with E-state index in [-0.39, 0.29) is 33.5 Å². The second kappa shape index (κ2) is 6.09. The number of halogens is 4. The number of anilines is 1. The third kappa shape index (κ3) is 3.13. The van der Waals surface area contributed by atoms with Crippen molar-refractivity contribution in [3.8, 4) is 22.8 Å². The van der Waals surface area contributed by atoms with Crippen LogP contribution in [0.3, 0.4) is 0 Å². The average Bonchev–Trinajstić information content (AvgIpc) is 2.41. The summed E-state index contributed by atoms with van der Waals surface area (Å²) in [6, 6.07) is 4.04. The predicted molar refractivity (Wildman–Crippen MR) is 72.2 cm³/mol. The van der Waals surface area contributed by atoms with Gasteiger partial charge >= 0.3 is 6.61 Å². The predicted octanol–water partition coefficient (Wildman–Crippen LogP) is 3.73. The summed E-state index contributed by atoms with van der Waals surface area (Å²) < 4.78 is 47.5. The van der Waals surface area contributed by atoms with Gasteiger partial charge in [-0.15, -0.1) is 0 Å². The topological polar surface area (TPSA) is 57.4 Å². The van der Waals surface area contributed by atoms with E-state index in [0.29, 0.717) is 0 Å². The first-order valence-corrected chi connectivity index (χ1v) is 6.04. The Kier molecular flexibility index (Phi) is 4.42. The Morgan fingerprint density at radius 1 is 1.33 bits per heavy atom. The van der Waals surface area contributed by atoms with E-state index in [2.05, 4.69) is 9.72 Å². The van der Waals surface area contributed by atoms with Crippen LogP contribution in [-0.2, 0) is 0 Å². The van der Waals surface area contributed by atoms with Crippen LogP contribution in [-0.4, -0.2) is 18.7 Å². The number of ether oxygens (including phenoxy) is 2. The van der Waals surface area contributed by atoms with Gasteiger partial charge in [0.1, 0.15) is 0 Å². The van der Waals surface area contributed by atoms with Gasteiger partial charge in [-0.1, -0.05) is 11.6 Å². The molecule has 0 aliphatic rings. The molecule has 1 aromatic carbocycles. The van der Waals surface area contributed by atoms with Crippen LogP contribution in [0.15, 0.2) is 24.4 Å². The lowest BCUT2D eigenvalue weighted by Crippen LogP contribution is -2.05. The van der Waals surface area contributed by atoms with Gasteiger partial charge in [0.15, 0.2) is 17.3 Å². The van der Waals surface area contributed by atoms with Crippen LogP contribution in [0.4, 0.5) is 18.9 Å². The molecule has 0 unspecified atom stereocenters. The highest BCUT2D eigenvalue weighted by Gasteiger charge is 2.17. The van der Waals surface area contributed by atoms with E-state index in [1.165, 1.54) is 25.3 Å². The van der Waals surface area contributed by atoms with Crippen LogP contribution in [0.5, 0.6) is 11.5 Å². The van der Waals surface area contributed by atoms with Gasteiger partial charge in [0.2, 0.25) is 0 Å². The van der Waals surface area contributed by atoms with Gasteiger partial charge in [-0.05, 0) is 18.2 Å². The fourth-order valence-electron chi connectivity index (χ4n) is 1.72. The molecule has 0 fully saturated rings. The van der Waals surface area contributed by atoms with Gasteiger partial charge in [0.25, 0.3) is 0 Å². The van der Waals surface area contributed by atoms with Crippen LogP contribution in [0.25, 0.3) is 11.3 Å². The number of pyridine rings is 1. The highest BCUT2D eigenvalue weighted by atomic mass is 35.5. The van der Waals surface area contributed by atoms with Crippen LogP contribution >= 0.6 is 11.6 Å². The number of nitrogen functional groups attached to an aromatic ring is 1. The molecular weight excluding hydrogens is 309 g/mol. The van der Waals surface area contributed by atoms with E-state index in [9.17, 15) is 13.2 Å². The number of alkyl halides is 2. The Morgan fingerprint density at radius 3 is 2.62 bits per heavy atom. The van der Waals surface area contributed by atoms with Gasteiger partial charge in [-0.2, -0.15) is 8.78 Å². The zero-order chi connectivity index (χ0) is 15.6. The Balaban J connectivity index is 2.46. The lowest BCUT2D eigenvalue weighted by molar-refractivity contribution is -0.0495. The van der Waals surface area contributed by atoms with Crippen molar-refractivity contribution in [1.29, 1.82) is 0 Å². The highest BCUT2D eigenvalue weighted by molar-refractivity contribution is 6.32. The van der Waals surface area contributed by atoms with Gasteiger partial charge < -0.3 is 15.2 Å². The monoisotopic (exact) mass is 318 g/mol. The molecule has 21 heavy (non-hydrogen) atoms. The molecule has 0 amide bonds. The third-order valence-electron chi connectivity index (χ3n) is 2.64. The lowest BCUT2D eigenvalue weighted by atomic mass is 10.1. The van der Waals surface area contributed by atoms with Crippen LogP contribution < -0.4 is 15.2 Å². The first kappa shape index (κ1) is 15.2.